The van der Waals surface area contributed by atoms with E-state index in [9.17, 15) is 24.0 Å². The van der Waals surface area contributed by atoms with Gasteiger partial charge in [0.2, 0.25) is 5.91 Å². The van der Waals surface area contributed by atoms with Crippen molar-refractivity contribution in [2.75, 3.05) is 39.3 Å². The number of amides is 3. The first kappa shape index (κ1) is 20.8. The maximum atomic E-state index is 12.5. The van der Waals surface area contributed by atoms with Gasteiger partial charge < -0.3 is 9.64 Å². The van der Waals surface area contributed by atoms with E-state index in [1.807, 2.05) is 4.90 Å². The number of hydrogen-bond donors (Lipinski definition) is 0. The third-order valence-corrected chi connectivity index (χ3v) is 4.66. The fraction of sp³-hybridized carbons (Fsp3) is 0.611. The molecule has 0 N–H and O–H groups in total. The summed E-state index contributed by atoms with van der Waals surface area (Å²) < 4.78 is 5.09. The molecule has 1 fully saturated rings. The lowest BCUT2D eigenvalue weighted by atomic mass is 10.1. The van der Waals surface area contributed by atoms with Crippen LogP contribution in [0.15, 0.2) is 12.2 Å². The SMILES string of the molecule is CCC(=O)CN1CCN(C(=O)CCN2C(=O)C=CC2=O)CC1COC(C)=O. The molecule has 0 aromatic heterocycles. The number of esters is 1. The van der Waals surface area contributed by atoms with E-state index in [0.29, 0.717) is 26.1 Å². The summed E-state index contributed by atoms with van der Waals surface area (Å²) in [6.07, 6.45) is 2.83. The van der Waals surface area contributed by atoms with Crippen LogP contribution in [-0.4, -0.2) is 89.5 Å². The maximum Gasteiger partial charge on any atom is 0.302 e. The van der Waals surface area contributed by atoms with Crippen molar-refractivity contribution in [1.82, 2.24) is 14.7 Å². The van der Waals surface area contributed by atoms with Crippen molar-refractivity contribution in [2.45, 2.75) is 32.7 Å². The topological polar surface area (TPSA) is 104 Å². The molecule has 1 unspecified atom stereocenters. The molecule has 0 aromatic carbocycles. The second-order valence-corrected chi connectivity index (χ2v) is 6.57. The molecule has 9 heteroatoms. The number of nitrogens with zero attached hydrogens (tertiary/aromatic N) is 3. The molecule has 148 valence electrons. The number of imide groups is 1. The lowest BCUT2D eigenvalue weighted by Gasteiger charge is -2.40. The van der Waals surface area contributed by atoms with Crippen molar-refractivity contribution in [3.05, 3.63) is 12.2 Å². The Balaban J connectivity index is 1.92. The van der Waals surface area contributed by atoms with E-state index < -0.39 is 17.8 Å². The van der Waals surface area contributed by atoms with Crippen LogP contribution >= 0.6 is 0 Å². The van der Waals surface area contributed by atoms with Gasteiger partial charge in [0.25, 0.3) is 11.8 Å². The van der Waals surface area contributed by atoms with Crippen molar-refractivity contribution < 1.29 is 28.7 Å². The van der Waals surface area contributed by atoms with Gasteiger partial charge in [-0.3, -0.25) is 33.8 Å². The lowest BCUT2D eigenvalue weighted by molar-refractivity contribution is -0.145. The van der Waals surface area contributed by atoms with Gasteiger partial charge in [0, 0.05) is 58.1 Å². The Kier molecular flexibility index (Phi) is 7.23. The molecule has 2 aliphatic heterocycles. The quantitative estimate of drug-likeness (QED) is 0.408. The molecular formula is C18H25N3O6. The molecule has 1 atom stereocenters. The molecule has 0 aromatic rings. The normalized spacial score (nSPS) is 20.3. The molecule has 2 aliphatic rings. The number of carbonyl (C=O) groups is 5. The van der Waals surface area contributed by atoms with Crippen molar-refractivity contribution in [2.24, 2.45) is 0 Å². The van der Waals surface area contributed by atoms with Gasteiger partial charge in [0.15, 0.2) is 0 Å². The first-order valence-corrected chi connectivity index (χ1v) is 9.02. The molecule has 0 bridgehead atoms. The van der Waals surface area contributed by atoms with Gasteiger partial charge in [0.1, 0.15) is 12.4 Å². The Hall–Kier alpha value is -2.55. The van der Waals surface area contributed by atoms with E-state index in [2.05, 4.69) is 0 Å². The second kappa shape index (κ2) is 9.40. The van der Waals surface area contributed by atoms with Gasteiger partial charge in [-0.25, -0.2) is 0 Å². The maximum absolute atomic E-state index is 12.5. The van der Waals surface area contributed by atoms with Crippen LogP contribution in [0.1, 0.15) is 26.7 Å². The van der Waals surface area contributed by atoms with Crippen LogP contribution in [0.25, 0.3) is 0 Å². The standard InChI is InChI=1S/C18H25N3O6/c1-3-15(23)11-19-8-9-20(10-14(19)12-27-13(2)22)16(24)6-7-21-17(25)4-5-18(21)26/h4-5,14H,3,6-12H2,1-2H3. The number of rotatable bonds is 8. The number of hydrogen-bond acceptors (Lipinski definition) is 7. The van der Waals surface area contributed by atoms with E-state index in [4.69, 9.17) is 4.74 Å². The summed E-state index contributed by atoms with van der Waals surface area (Å²) in [4.78, 5) is 63.1. The average Bonchev–Trinajstić information content (AvgIpc) is 2.96. The van der Waals surface area contributed by atoms with Crippen molar-refractivity contribution in [3.63, 3.8) is 0 Å². The first-order chi connectivity index (χ1) is 12.8. The number of piperazine rings is 1. The molecule has 0 radical (unpaired) electrons. The van der Waals surface area contributed by atoms with E-state index in [0.717, 1.165) is 4.90 Å². The fourth-order valence-corrected chi connectivity index (χ4v) is 3.05. The van der Waals surface area contributed by atoms with Gasteiger partial charge >= 0.3 is 5.97 Å². The van der Waals surface area contributed by atoms with E-state index in [1.165, 1.54) is 19.1 Å². The summed E-state index contributed by atoms with van der Waals surface area (Å²) in [5.74, 6) is -1.34. The highest BCUT2D eigenvalue weighted by molar-refractivity contribution is 6.13. The third-order valence-electron chi connectivity index (χ3n) is 4.66. The van der Waals surface area contributed by atoms with E-state index in [-0.39, 0.29) is 43.8 Å². The van der Waals surface area contributed by atoms with E-state index in [1.54, 1.807) is 11.8 Å². The largest absolute Gasteiger partial charge is 0.464 e. The zero-order valence-electron chi connectivity index (χ0n) is 15.7. The fourth-order valence-electron chi connectivity index (χ4n) is 3.05. The summed E-state index contributed by atoms with van der Waals surface area (Å²) in [6, 6.07) is -0.265. The molecule has 9 nitrogen and oxygen atoms in total. The Bertz CT molecular complexity index is 641. The Morgan fingerprint density at radius 1 is 1.15 bits per heavy atom. The van der Waals surface area contributed by atoms with Crippen LogP contribution in [-0.2, 0) is 28.7 Å². The van der Waals surface area contributed by atoms with Gasteiger partial charge in [-0.15, -0.1) is 0 Å². The number of carbonyl (C=O) groups excluding carboxylic acids is 5. The highest BCUT2D eigenvalue weighted by atomic mass is 16.5. The molecule has 0 saturated carbocycles. The van der Waals surface area contributed by atoms with Crippen molar-refractivity contribution in [1.29, 1.82) is 0 Å². The van der Waals surface area contributed by atoms with Gasteiger partial charge in [-0.05, 0) is 0 Å². The highest BCUT2D eigenvalue weighted by Crippen LogP contribution is 2.13. The minimum absolute atomic E-state index is 0.0344. The van der Waals surface area contributed by atoms with Crippen molar-refractivity contribution in [3.8, 4) is 0 Å². The Morgan fingerprint density at radius 2 is 1.81 bits per heavy atom. The van der Waals surface area contributed by atoms with Crippen LogP contribution in [0.2, 0.25) is 0 Å². The first-order valence-electron chi connectivity index (χ1n) is 9.02. The molecule has 3 amide bonds. The second-order valence-electron chi connectivity index (χ2n) is 6.57. The number of ether oxygens (including phenoxy) is 1. The highest BCUT2D eigenvalue weighted by Gasteiger charge is 2.32. The Morgan fingerprint density at radius 3 is 2.41 bits per heavy atom. The van der Waals surface area contributed by atoms with Crippen LogP contribution in [0.4, 0.5) is 0 Å². The third kappa shape index (κ3) is 5.72. The zero-order valence-corrected chi connectivity index (χ0v) is 15.7. The molecule has 0 aliphatic carbocycles. The molecular weight excluding hydrogens is 354 g/mol. The van der Waals surface area contributed by atoms with Gasteiger partial charge in [-0.2, -0.15) is 0 Å². The predicted octanol–water partition coefficient (Wildman–Crippen LogP) is -0.643. The summed E-state index contributed by atoms with van der Waals surface area (Å²) in [6.45, 7) is 4.75. The van der Waals surface area contributed by atoms with Crippen LogP contribution < -0.4 is 0 Å². The van der Waals surface area contributed by atoms with Gasteiger partial charge in [-0.1, -0.05) is 6.92 Å². The smallest absolute Gasteiger partial charge is 0.302 e. The summed E-state index contributed by atoms with van der Waals surface area (Å²) in [5.41, 5.74) is 0. The zero-order chi connectivity index (χ0) is 20.0. The summed E-state index contributed by atoms with van der Waals surface area (Å²) in [7, 11) is 0. The molecule has 27 heavy (non-hydrogen) atoms. The number of Topliss-reactive ketones (excluding diaryl/α,β-unsaturated/α-hetero) is 1. The molecule has 1 saturated heterocycles. The summed E-state index contributed by atoms with van der Waals surface area (Å²) >= 11 is 0. The van der Waals surface area contributed by atoms with E-state index >= 15 is 0 Å². The summed E-state index contributed by atoms with van der Waals surface area (Å²) in [5, 5.41) is 0. The average molecular weight is 379 g/mol. The minimum atomic E-state index is -0.418. The number of ketones is 1. The monoisotopic (exact) mass is 379 g/mol. The molecule has 2 heterocycles. The van der Waals surface area contributed by atoms with Crippen LogP contribution in [0, 0.1) is 0 Å². The van der Waals surface area contributed by atoms with Gasteiger partial charge in [0.05, 0.1) is 12.6 Å². The Labute approximate surface area is 157 Å². The molecule has 0 spiro atoms. The predicted molar refractivity (Wildman–Crippen MR) is 94.3 cm³/mol. The lowest BCUT2D eigenvalue weighted by Crippen LogP contribution is -2.57. The van der Waals surface area contributed by atoms with Crippen molar-refractivity contribution >= 4 is 29.5 Å². The molecule has 2 rings (SSSR count). The minimum Gasteiger partial charge on any atom is -0.464 e. The van der Waals surface area contributed by atoms with Crippen LogP contribution in [0.3, 0.4) is 0 Å². The van der Waals surface area contributed by atoms with Crippen LogP contribution in [0.5, 0.6) is 0 Å².